The molecule has 3 N–H and O–H groups in total. The number of alkyl halides is 3. The fraction of sp³-hybridized carbons (Fsp3) is 0.300. The molecule has 17 heavy (non-hydrogen) atoms. The standard InChI is InChI=1S/C10H10BrF3N2O/c11-7-2-1-6(10(12,13)14)5-8(7)16-9(17)3-4-15/h1-2,5H,3-4,15H2,(H,16,17). The molecule has 0 aliphatic carbocycles. The molecule has 0 atom stereocenters. The van der Waals surface area contributed by atoms with Crippen LogP contribution in [0.1, 0.15) is 12.0 Å². The fourth-order valence-corrected chi connectivity index (χ4v) is 1.49. The summed E-state index contributed by atoms with van der Waals surface area (Å²) in [7, 11) is 0. The van der Waals surface area contributed by atoms with Gasteiger partial charge in [0, 0.05) is 17.4 Å². The second kappa shape index (κ2) is 5.50. The number of nitrogens with one attached hydrogen (secondary N) is 1. The predicted octanol–water partition coefficient (Wildman–Crippen LogP) is 2.76. The highest BCUT2D eigenvalue weighted by molar-refractivity contribution is 9.10. The van der Waals surface area contributed by atoms with Gasteiger partial charge < -0.3 is 11.1 Å². The van der Waals surface area contributed by atoms with Crippen LogP contribution in [0.15, 0.2) is 22.7 Å². The van der Waals surface area contributed by atoms with E-state index in [9.17, 15) is 18.0 Å². The Hall–Kier alpha value is -1.08. The molecule has 1 aromatic rings. The van der Waals surface area contributed by atoms with Crippen molar-refractivity contribution >= 4 is 27.5 Å². The van der Waals surface area contributed by atoms with Crippen molar-refractivity contribution in [3.63, 3.8) is 0 Å². The fourth-order valence-electron chi connectivity index (χ4n) is 1.14. The lowest BCUT2D eigenvalue weighted by Crippen LogP contribution is -2.17. The third-order valence-corrected chi connectivity index (χ3v) is 2.63. The Morgan fingerprint density at radius 2 is 2.06 bits per heavy atom. The number of rotatable bonds is 3. The smallest absolute Gasteiger partial charge is 0.330 e. The third-order valence-electron chi connectivity index (χ3n) is 1.94. The van der Waals surface area contributed by atoms with Crippen LogP contribution in [0.2, 0.25) is 0 Å². The molecule has 0 aromatic heterocycles. The van der Waals surface area contributed by atoms with Crippen molar-refractivity contribution < 1.29 is 18.0 Å². The topological polar surface area (TPSA) is 55.1 Å². The molecule has 0 bridgehead atoms. The molecule has 0 aliphatic rings. The van der Waals surface area contributed by atoms with Crippen LogP contribution in [-0.4, -0.2) is 12.5 Å². The number of halogens is 4. The van der Waals surface area contributed by atoms with E-state index in [1.807, 2.05) is 0 Å². The number of carbonyl (C=O) groups excluding carboxylic acids is 1. The highest BCUT2D eigenvalue weighted by atomic mass is 79.9. The lowest BCUT2D eigenvalue weighted by molar-refractivity contribution is -0.137. The Bertz CT molecular complexity index is 421. The minimum Gasteiger partial charge on any atom is -0.330 e. The monoisotopic (exact) mass is 310 g/mol. The predicted molar refractivity (Wildman–Crippen MR) is 61.4 cm³/mol. The number of nitrogens with two attached hydrogens (primary N) is 1. The van der Waals surface area contributed by atoms with Gasteiger partial charge in [-0.05, 0) is 34.1 Å². The van der Waals surface area contributed by atoms with Gasteiger partial charge in [-0.1, -0.05) is 0 Å². The Kier molecular flexibility index (Phi) is 4.53. The second-order valence-corrected chi connectivity index (χ2v) is 4.13. The van der Waals surface area contributed by atoms with Gasteiger partial charge in [0.1, 0.15) is 0 Å². The number of hydrogen-bond donors (Lipinski definition) is 2. The largest absolute Gasteiger partial charge is 0.416 e. The minimum atomic E-state index is -4.44. The van der Waals surface area contributed by atoms with Gasteiger partial charge in [0.05, 0.1) is 11.3 Å². The number of hydrogen-bond acceptors (Lipinski definition) is 2. The summed E-state index contributed by atoms with van der Waals surface area (Å²) < 4.78 is 37.7. The number of anilines is 1. The van der Waals surface area contributed by atoms with Crippen molar-refractivity contribution in [3.05, 3.63) is 28.2 Å². The molecule has 1 amide bonds. The van der Waals surface area contributed by atoms with E-state index in [2.05, 4.69) is 21.2 Å². The first-order chi connectivity index (χ1) is 7.84. The lowest BCUT2D eigenvalue weighted by atomic mass is 10.2. The number of amides is 1. The molecule has 0 radical (unpaired) electrons. The van der Waals surface area contributed by atoms with Gasteiger partial charge >= 0.3 is 6.18 Å². The van der Waals surface area contributed by atoms with Gasteiger partial charge in [0.2, 0.25) is 5.91 Å². The van der Waals surface area contributed by atoms with E-state index >= 15 is 0 Å². The van der Waals surface area contributed by atoms with E-state index in [0.717, 1.165) is 12.1 Å². The summed E-state index contributed by atoms with van der Waals surface area (Å²) in [6.45, 7) is 0.141. The van der Waals surface area contributed by atoms with Crippen LogP contribution in [0.5, 0.6) is 0 Å². The summed E-state index contributed by atoms with van der Waals surface area (Å²) in [6.07, 6.45) is -4.38. The summed E-state index contributed by atoms with van der Waals surface area (Å²) >= 11 is 3.06. The molecule has 0 fully saturated rings. The van der Waals surface area contributed by atoms with Crippen molar-refractivity contribution in [2.45, 2.75) is 12.6 Å². The SMILES string of the molecule is NCCC(=O)Nc1cc(C(F)(F)F)ccc1Br. The maximum atomic E-state index is 12.4. The zero-order chi connectivity index (χ0) is 13.1. The van der Waals surface area contributed by atoms with Crippen molar-refractivity contribution in [3.8, 4) is 0 Å². The van der Waals surface area contributed by atoms with Crippen molar-refractivity contribution in [2.24, 2.45) is 5.73 Å². The summed E-state index contributed by atoms with van der Waals surface area (Å²) in [5.41, 5.74) is 4.43. The first-order valence-electron chi connectivity index (χ1n) is 4.71. The van der Waals surface area contributed by atoms with Crippen LogP contribution in [0.25, 0.3) is 0 Å². The molecule has 0 heterocycles. The van der Waals surface area contributed by atoms with Gasteiger partial charge in [0.15, 0.2) is 0 Å². The maximum Gasteiger partial charge on any atom is 0.416 e. The van der Waals surface area contributed by atoms with E-state index in [-0.39, 0.29) is 18.7 Å². The molecule has 1 rings (SSSR count). The highest BCUT2D eigenvalue weighted by Gasteiger charge is 2.31. The molecule has 94 valence electrons. The van der Waals surface area contributed by atoms with Crippen LogP contribution in [0, 0.1) is 0 Å². The van der Waals surface area contributed by atoms with E-state index in [1.54, 1.807) is 0 Å². The van der Waals surface area contributed by atoms with Crippen LogP contribution >= 0.6 is 15.9 Å². The molecule has 0 saturated carbocycles. The average Bonchev–Trinajstić information content (AvgIpc) is 2.20. The molecule has 0 aliphatic heterocycles. The molecule has 1 aromatic carbocycles. The molecule has 3 nitrogen and oxygen atoms in total. The normalized spacial score (nSPS) is 11.4. The number of carbonyl (C=O) groups is 1. The van der Waals surface area contributed by atoms with Crippen LogP contribution < -0.4 is 11.1 Å². The van der Waals surface area contributed by atoms with Crippen LogP contribution in [-0.2, 0) is 11.0 Å². The maximum absolute atomic E-state index is 12.4. The first kappa shape index (κ1) is 14.0. The molecule has 0 spiro atoms. The molecule has 0 unspecified atom stereocenters. The van der Waals surface area contributed by atoms with Gasteiger partial charge in [-0.2, -0.15) is 13.2 Å². The van der Waals surface area contributed by atoms with E-state index in [0.29, 0.717) is 4.47 Å². The molecule has 7 heteroatoms. The zero-order valence-electron chi connectivity index (χ0n) is 8.64. The summed E-state index contributed by atoms with van der Waals surface area (Å²) in [5, 5.41) is 2.36. The van der Waals surface area contributed by atoms with Crippen LogP contribution in [0.3, 0.4) is 0 Å². The van der Waals surface area contributed by atoms with Gasteiger partial charge in [0.25, 0.3) is 0 Å². The Balaban J connectivity index is 2.95. The average molecular weight is 311 g/mol. The van der Waals surface area contributed by atoms with E-state index < -0.39 is 17.6 Å². The summed E-state index contributed by atoms with van der Waals surface area (Å²) in [5.74, 6) is -0.424. The third kappa shape index (κ3) is 4.01. The van der Waals surface area contributed by atoms with Gasteiger partial charge in [-0.25, -0.2) is 0 Å². The Labute approximate surface area is 104 Å². The van der Waals surface area contributed by atoms with E-state index in [1.165, 1.54) is 6.07 Å². The lowest BCUT2D eigenvalue weighted by Gasteiger charge is -2.11. The van der Waals surface area contributed by atoms with Gasteiger partial charge in [-0.3, -0.25) is 4.79 Å². The molecular formula is C10H10BrF3N2O. The van der Waals surface area contributed by atoms with Crippen molar-refractivity contribution in [2.75, 3.05) is 11.9 Å². The van der Waals surface area contributed by atoms with Crippen molar-refractivity contribution in [1.29, 1.82) is 0 Å². The van der Waals surface area contributed by atoms with E-state index in [4.69, 9.17) is 5.73 Å². The Morgan fingerprint density at radius 1 is 1.41 bits per heavy atom. The van der Waals surface area contributed by atoms with Crippen LogP contribution in [0.4, 0.5) is 18.9 Å². The highest BCUT2D eigenvalue weighted by Crippen LogP contribution is 2.33. The van der Waals surface area contributed by atoms with Gasteiger partial charge in [-0.15, -0.1) is 0 Å². The van der Waals surface area contributed by atoms with Crippen molar-refractivity contribution in [1.82, 2.24) is 0 Å². The summed E-state index contributed by atoms with van der Waals surface area (Å²) in [6, 6.07) is 3.04. The zero-order valence-corrected chi connectivity index (χ0v) is 10.2. The minimum absolute atomic E-state index is 0.0582. The molecule has 0 saturated heterocycles. The summed E-state index contributed by atoms with van der Waals surface area (Å²) in [4.78, 5) is 11.2. The second-order valence-electron chi connectivity index (χ2n) is 3.28. The number of benzene rings is 1. The molecular weight excluding hydrogens is 301 g/mol. The quantitative estimate of drug-likeness (QED) is 0.902. The Morgan fingerprint density at radius 3 is 2.59 bits per heavy atom. The first-order valence-corrected chi connectivity index (χ1v) is 5.50.